The maximum Gasteiger partial charge on any atom is 0.247 e. The highest BCUT2D eigenvalue weighted by Gasteiger charge is 2.19. The third-order valence-electron chi connectivity index (χ3n) is 4.59. The highest BCUT2D eigenvalue weighted by Crippen LogP contribution is 2.31. The number of nitrogens with one attached hydrogen (secondary N) is 2. The van der Waals surface area contributed by atoms with E-state index in [-0.39, 0.29) is 5.91 Å². The minimum absolute atomic E-state index is 0.241. The molecule has 0 saturated heterocycles. The Morgan fingerprint density at radius 3 is 2.57 bits per heavy atom. The van der Waals surface area contributed by atoms with E-state index in [1.807, 2.05) is 36.4 Å². The molecule has 1 aliphatic carbocycles. The molecular formula is C18H24N4O. The van der Waals surface area contributed by atoms with E-state index in [0.717, 1.165) is 11.3 Å². The van der Waals surface area contributed by atoms with Crippen LogP contribution in [0.25, 0.3) is 0 Å². The molecule has 5 nitrogen and oxygen atoms in total. The summed E-state index contributed by atoms with van der Waals surface area (Å²) in [6, 6.07) is 10.6. The van der Waals surface area contributed by atoms with Gasteiger partial charge in [0.2, 0.25) is 5.91 Å². The van der Waals surface area contributed by atoms with Crippen molar-refractivity contribution >= 4 is 11.7 Å². The molecular weight excluding hydrogens is 288 g/mol. The van der Waals surface area contributed by atoms with Gasteiger partial charge in [-0.25, -0.2) is 0 Å². The van der Waals surface area contributed by atoms with Crippen molar-refractivity contribution in [2.45, 2.75) is 50.5 Å². The molecule has 1 aromatic carbocycles. The topological polar surface area (TPSA) is 83.8 Å². The van der Waals surface area contributed by atoms with Crippen LogP contribution in [0.3, 0.4) is 0 Å². The Morgan fingerprint density at radius 1 is 1.17 bits per heavy atom. The Balaban J connectivity index is 1.63. The van der Waals surface area contributed by atoms with Crippen LogP contribution in [0, 0.1) is 0 Å². The van der Waals surface area contributed by atoms with Crippen molar-refractivity contribution < 1.29 is 4.79 Å². The Kier molecular flexibility index (Phi) is 5.08. The van der Waals surface area contributed by atoms with E-state index >= 15 is 0 Å². The van der Waals surface area contributed by atoms with E-state index in [2.05, 4.69) is 15.5 Å². The molecule has 122 valence electrons. The van der Waals surface area contributed by atoms with Crippen LogP contribution in [-0.2, 0) is 4.79 Å². The fourth-order valence-electron chi connectivity index (χ4n) is 3.22. The zero-order valence-corrected chi connectivity index (χ0v) is 13.3. The minimum atomic E-state index is -0.686. The summed E-state index contributed by atoms with van der Waals surface area (Å²) in [5, 5.41) is 10.1. The van der Waals surface area contributed by atoms with Crippen molar-refractivity contribution in [2.75, 3.05) is 5.32 Å². The molecule has 1 aromatic heterocycles. The molecule has 3 rings (SSSR count). The van der Waals surface area contributed by atoms with Crippen molar-refractivity contribution in [1.29, 1.82) is 0 Å². The standard InChI is InChI=1S/C18H24N4O/c19-17(14-10-6-3-7-11-14)18(23)20-16-12-15(21-22-16)13-8-4-1-2-5-9-13/h3,6-7,10-13,17H,1-2,4-5,8-9,19H2,(H2,20,21,22,23). The maximum atomic E-state index is 12.3. The molecule has 1 saturated carbocycles. The summed E-state index contributed by atoms with van der Waals surface area (Å²) >= 11 is 0. The van der Waals surface area contributed by atoms with Gasteiger partial charge in [-0.05, 0) is 18.4 Å². The molecule has 1 fully saturated rings. The van der Waals surface area contributed by atoms with Gasteiger partial charge in [-0.3, -0.25) is 9.89 Å². The summed E-state index contributed by atoms with van der Waals surface area (Å²) in [6.07, 6.45) is 7.56. The second kappa shape index (κ2) is 7.42. The lowest BCUT2D eigenvalue weighted by Gasteiger charge is -2.11. The fourth-order valence-corrected chi connectivity index (χ4v) is 3.22. The molecule has 0 radical (unpaired) electrons. The molecule has 1 unspecified atom stereocenters. The normalized spacial score (nSPS) is 17.4. The lowest BCUT2D eigenvalue weighted by molar-refractivity contribution is -0.117. The molecule has 1 aliphatic rings. The number of nitrogens with zero attached hydrogens (tertiary/aromatic N) is 1. The first kappa shape index (κ1) is 15.7. The molecule has 2 aromatic rings. The second-order valence-electron chi connectivity index (χ2n) is 6.27. The van der Waals surface area contributed by atoms with Gasteiger partial charge in [-0.1, -0.05) is 56.0 Å². The zero-order valence-electron chi connectivity index (χ0n) is 13.3. The number of benzene rings is 1. The van der Waals surface area contributed by atoms with Gasteiger partial charge in [0.1, 0.15) is 6.04 Å². The smallest absolute Gasteiger partial charge is 0.247 e. The lowest BCUT2D eigenvalue weighted by atomic mass is 9.97. The van der Waals surface area contributed by atoms with E-state index in [0.29, 0.717) is 11.7 Å². The average molecular weight is 312 g/mol. The zero-order chi connectivity index (χ0) is 16.1. The molecule has 1 amide bonds. The second-order valence-corrected chi connectivity index (χ2v) is 6.27. The highest BCUT2D eigenvalue weighted by molar-refractivity contribution is 5.94. The van der Waals surface area contributed by atoms with E-state index < -0.39 is 6.04 Å². The van der Waals surface area contributed by atoms with Gasteiger partial charge in [-0.2, -0.15) is 5.10 Å². The van der Waals surface area contributed by atoms with Gasteiger partial charge in [0.05, 0.1) is 0 Å². The number of rotatable bonds is 4. The quantitative estimate of drug-likeness (QED) is 0.756. The van der Waals surface area contributed by atoms with Crippen LogP contribution in [0.1, 0.15) is 61.7 Å². The maximum absolute atomic E-state index is 12.3. The number of carbonyl (C=O) groups is 1. The molecule has 4 N–H and O–H groups in total. The Morgan fingerprint density at radius 2 is 1.87 bits per heavy atom. The van der Waals surface area contributed by atoms with Gasteiger partial charge >= 0.3 is 0 Å². The third-order valence-corrected chi connectivity index (χ3v) is 4.59. The van der Waals surface area contributed by atoms with Crippen molar-refractivity contribution in [1.82, 2.24) is 10.2 Å². The SMILES string of the molecule is NC(C(=O)Nc1cc(C2CCCCCC2)[nH]n1)c1ccccc1. The van der Waals surface area contributed by atoms with Gasteiger partial charge < -0.3 is 11.1 Å². The number of nitrogens with two attached hydrogens (primary N) is 1. The van der Waals surface area contributed by atoms with Crippen molar-refractivity contribution in [2.24, 2.45) is 5.73 Å². The number of aromatic nitrogens is 2. The number of amides is 1. The Bertz CT molecular complexity index is 629. The van der Waals surface area contributed by atoms with Crippen LogP contribution in [-0.4, -0.2) is 16.1 Å². The molecule has 5 heteroatoms. The summed E-state index contributed by atoms with van der Waals surface area (Å²) in [7, 11) is 0. The summed E-state index contributed by atoms with van der Waals surface area (Å²) in [5.41, 5.74) is 7.92. The molecule has 23 heavy (non-hydrogen) atoms. The minimum Gasteiger partial charge on any atom is -0.316 e. The number of H-pyrrole nitrogens is 1. The third kappa shape index (κ3) is 3.99. The van der Waals surface area contributed by atoms with Crippen molar-refractivity contribution in [3.05, 3.63) is 47.7 Å². The molecule has 0 aliphatic heterocycles. The van der Waals surface area contributed by atoms with Crippen LogP contribution in [0.5, 0.6) is 0 Å². The van der Waals surface area contributed by atoms with Gasteiger partial charge in [0, 0.05) is 17.7 Å². The van der Waals surface area contributed by atoms with Crippen LogP contribution in [0.2, 0.25) is 0 Å². The summed E-state index contributed by atoms with van der Waals surface area (Å²) in [6.45, 7) is 0. The molecule has 0 bridgehead atoms. The average Bonchev–Trinajstić information content (AvgIpc) is 2.87. The first-order chi connectivity index (χ1) is 11.2. The van der Waals surface area contributed by atoms with Gasteiger partial charge in [0.15, 0.2) is 5.82 Å². The van der Waals surface area contributed by atoms with E-state index in [9.17, 15) is 4.79 Å². The van der Waals surface area contributed by atoms with Crippen LogP contribution in [0.15, 0.2) is 36.4 Å². The Hall–Kier alpha value is -2.14. The molecule has 1 atom stereocenters. The predicted octanol–water partition coefficient (Wildman–Crippen LogP) is 3.49. The Labute approximate surface area is 136 Å². The first-order valence-corrected chi connectivity index (χ1v) is 8.41. The van der Waals surface area contributed by atoms with Gasteiger partial charge in [0.25, 0.3) is 0 Å². The predicted molar refractivity (Wildman–Crippen MR) is 91.0 cm³/mol. The fraction of sp³-hybridized carbons (Fsp3) is 0.444. The molecule has 0 spiro atoms. The van der Waals surface area contributed by atoms with Crippen LogP contribution >= 0.6 is 0 Å². The number of aromatic amines is 1. The van der Waals surface area contributed by atoms with E-state index in [4.69, 9.17) is 5.73 Å². The number of hydrogen-bond donors (Lipinski definition) is 3. The van der Waals surface area contributed by atoms with Crippen molar-refractivity contribution in [3.63, 3.8) is 0 Å². The largest absolute Gasteiger partial charge is 0.316 e. The number of carbonyl (C=O) groups excluding carboxylic acids is 1. The molecule has 1 heterocycles. The number of hydrogen-bond acceptors (Lipinski definition) is 3. The summed E-state index contributed by atoms with van der Waals surface area (Å²) in [5.74, 6) is 0.842. The van der Waals surface area contributed by atoms with Crippen LogP contribution < -0.4 is 11.1 Å². The van der Waals surface area contributed by atoms with E-state index in [1.54, 1.807) is 0 Å². The lowest BCUT2D eigenvalue weighted by Crippen LogP contribution is -2.27. The van der Waals surface area contributed by atoms with Crippen molar-refractivity contribution in [3.8, 4) is 0 Å². The van der Waals surface area contributed by atoms with Crippen LogP contribution in [0.4, 0.5) is 5.82 Å². The monoisotopic (exact) mass is 312 g/mol. The first-order valence-electron chi connectivity index (χ1n) is 8.41. The summed E-state index contributed by atoms with van der Waals surface area (Å²) in [4.78, 5) is 12.3. The number of anilines is 1. The van der Waals surface area contributed by atoms with E-state index in [1.165, 1.54) is 38.5 Å². The summed E-state index contributed by atoms with van der Waals surface area (Å²) < 4.78 is 0. The van der Waals surface area contributed by atoms with Gasteiger partial charge in [-0.15, -0.1) is 0 Å². The highest BCUT2D eigenvalue weighted by atomic mass is 16.2.